The maximum absolute atomic E-state index is 12.3. The van der Waals surface area contributed by atoms with Crippen molar-refractivity contribution in [1.29, 1.82) is 0 Å². The van der Waals surface area contributed by atoms with Crippen LogP contribution in [-0.2, 0) is 61.6 Å². The maximum atomic E-state index is 12.3. The lowest BCUT2D eigenvalue weighted by molar-refractivity contribution is -0.169. The summed E-state index contributed by atoms with van der Waals surface area (Å²) < 4.78 is 71.8. The molecule has 15 nitrogen and oxygen atoms in total. The Bertz CT molecular complexity index is 1240. The van der Waals surface area contributed by atoms with Crippen LogP contribution in [0.2, 0.25) is 0 Å². The summed E-state index contributed by atoms with van der Waals surface area (Å²) in [5, 5.41) is 2.75. The second-order valence-corrected chi connectivity index (χ2v) is 13.0. The zero-order valence-corrected chi connectivity index (χ0v) is 33.6. The Labute approximate surface area is 338 Å². The number of hydrogen-bond donors (Lipinski definition) is 1. The standard InChI is InChI=1S/C42H65NO14/c44-42(57-35-40-38-9-3-1-7-36(38)37-8-2-4-10-39(37)40)43-12-14-45-15-16-46-17-18-47-19-20-48-21-22-49-23-24-50-25-26-51-27-28-52-29-30-53-31-32-54-33-34-56-41-11-5-6-13-55-41/h1-4,7-10,40-41H,5-6,11-35H2,(H,43,44). The summed E-state index contributed by atoms with van der Waals surface area (Å²) in [7, 11) is 0. The summed E-state index contributed by atoms with van der Waals surface area (Å²) in [6.45, 7) is 11.7. The van der Waals surface area contributed by atoms with Crippen molar-refractivity contribution in [3.8, 4) is 11.1 Å². The molecule has 1 unspecified atom stereocenters. The lowest BCUT2D eigenvalue weighted by Gasteiger charge is -2.22. The normalized spacial score (nSPS) is 15.1. The molecule has 1 atom stereocenters. The van der Waals surface area contributed by atoms with Crippen LogP contribution in [0.1, 0.15) is 36.3 Å². The fourth-order valence-electron chi connectivity index (χ4n) is 6.04. The Morgan fingerprint density at radius 1 is 0.509 bits per heavy atom. The lowest BCUT2D eigenvalue weighted by atomic mass is 9.98. The highest BCUT2D eigenvalue weighted by Gasteiger charge is 2.29. The first kappa shape index (κ1) is 46.9. The molecular formula is C42H65NO14. The number of alkyl carbamates (subject to hydrolysis) is 1. The minimum absolute atomic E-state index is 0.0362. The van der Waals surface area contributed by atoms with Gasteiger partial charge in [0.1, 0.15) is 6.61 Å². The van der Waals surface area contributed by atoms with Crippen molar-refractivity contribution in [3.05, 3.63) is 59.7 Å². The fourth-order valence-corrected chi connectivity index (χ4v) is 6.04. The highest BCUT2D eigenvalue weighted by molar-refractivity contribution is 5.79. The largest absolute Gasteiger partial charge is 0.449 e. The van der Waals surface area contributed by atoms with E-state index in [0.717, 1.165) is 25.9 Å². The first-order valence-corrected chi connectivity index (χ1v) is 20.4. The van der Waals surface area contributed by atoms with Crippen LogP contribution in [-0.4, -0.2) is 171 Å². The second-order valence-electron chi connectivity index (χ2n) is 13.0. The quantitative estimate of drug-likeness (QED) is 0.0979. The smallest absolute Gasteiger partial charge is 0.407 e. The van der Waals surface area contributed by atoms with Crippen molar-refractivity contribution < 1.29 is 66.4 Å². The molecular weight excluding hydrogens is 742 g/mol. The molecule has 322 valence electrons. The van der Waals surface area contributed by atoms with Gasteiger partial charge in [-0.05, 0) is 41.5 Å². The van der Waals surface area contributed by atoms with Gasteiger partial charge in [0.25, 0.3) is 0 Å². The SMILES string of the molecule is O=C(NCCOCCOCCOCCOCCOCCOCCOCCOCCOCCOCCOC1CCCCO1)OCC1c2ccccc2-c2ccccc21. The van der Waals surface area contributed by atoms with Gasteiger partial charge in [0.05, 0.1) is 139 Å². The van der Waals surface area contributed by atoms with E-state index in [1.807, 2.05) is 24.3 Å². The van der Waals surface area contributed by atoms with Gasteiger partial charge in [0.15, 0.2) is 6.29 Å². The van der Waals surface area contributed by atoms with Crippen molar-refractivity contribution in [2.45, 2.75) is 31.5 Å². The van der Waals surface area contributed by atoms with Crippen LogP contribution in [0, 0.1) is 0 Å². The Hall–Kier alpha value is -2.77. The lowest BCUT2D eigenvalue weighted by Crippen LogP contribution is -2.29. The van der Waals surface area contributed by atoms with Gasteiger partial charge in [-0.2, -0.15) is 0 Å². The third kappa shape index (κ3) is 21.2. The van der Waals surface area contributed by atoms with Crippen LogP contribution in [0.3, 0.4) is 0 Å². The molecule has 2 aromatic rings. The topological polar surface area (TPSA) is 149 Å². The van der Waals surface area contributed by atoms with Crippen LogP contribution in [0.15, 0.2) is 48.5 Å². The summed E-state index contributed by atoms with van der Waals surface area (Å²) in [6.07, 6.45) is 2.72. The van der Waals surface area contributed by atoms with Gasteiger partial charge in [0, 0.05) is 19.1 Å². The van der Waals surface area contributed by atoms with Crippen LogP contribution in [0.25, 0.3) is 11.1 Å². The average Bonchev–Trinajstić information content (AvgIpc) is 3.56. The number of fused-ring (bicyclic) bond motifs is 3. The Morgan fingerprint density at radius 3 is 1.30 bits per heavy atom. The van der Waals surface area contributed by atoms with E-state index in [9.17, 15) is 4.79 Å². The Kier molecular flexibility index (Phi) is 26.4. The van der Waals surface area contributed by atoms with Crippen LogP contribution >= 0.6 is 0 Å². The van der Waals surface area contributed by atoms with Gasteiger partial charge >= 0.3 is 6.09 Å². The highest BCUT2D eigenvalue weighted by Crippen LogP contribution is 2.44. The molecule has 0 radical (unpaired) electrons. The van der Waals surface area contributed by atoms with E-state index in [4.69, 9.17) is 61.6 Å². The third-order valence-electron chi connectivity index (χ3n) is 8.88. The van der Waals surface area contributed by atoms with Crippen LogP contribution in [0.5, 0.6) is 0 Å². The van der Waals surface area contributed by atoms with Gasteiger partial charge in [-0.1, -0.05) is 48.5 Å². The van der Waals surface area contributed by atoms with Crippen molar-refractivity contribution >= 4 is 6.09 Å². The highest BCUT2D eigenvalue weighted by atomic mass is 16.7. The molecule has 0 saturated carbocycles. The zero-order chi connectivity index (χ0) is 39.7. The molecule has 57 heavy (non-hydrogen) atoms. The summed E-state index contributed by atoms with van der Waals surface area (Å²) >= 11 is 0. The van der Waals surface area contributed by atoms with Gasteiger partial charge in [-0.3, -0.25) is 0 Å². The van der Waals surface area contributed by atoms with Gasteiger partial charge < -0.3 is 66.9 Å². The van der Waals surface area contributed by atoms with Crippen molar-refractivity contribution in [2.75, 3.05) is 159 Å². The molecule has 1 amide bonds. The van der Waals surface area contributed by atoms with Gasteiger partial charge in [-0.15, -0.1) is 0 Å². The minimum Gasteiger partial charge on any atom is -0.449 e. The molecule has 1 fully saturated rings. The number of nitrogens with one attached hydrogen (secondary N) is 1. The van der Waals surface area contributed by atoms with E-state index >= 15 is 0 Å². The van der Waals surface area contributed by atoms with Crippen LogP contribution in [0.4, 0.5) is 4.79 Å². The third-order valence-corrected chi connectivity index (χ3v) is 8.88. The molecule has 1 N–H and O–H groups in total. The summed E-state index contributed by atoms with van der Waals surface area (Å²) in [5.74, 6) is 0.0362. The second kappa shape index (κ2) is 32.1. The predicted molar refractivity (Wildman–Crippen MR) is 211 cm³/mol. The Balaban J connectivity index is 0.773. The molecule has 0 bridgehead atoms. The molecule has 1 heterocycles. The van der Waals surface area contributed by atoms with E-state index < -0.39 is 6.09 Å². The average molecular weight is 808 g/mol. The molecule has 1 saturated heterocycles. The number of rotatable bonds is 36. The fraction of sp³-hybridized carbons (Fsp3) is 0.690. The number of benzene rings is 2. The van der Waals surface area contributed by atoms with E-state index in [2.05, 4.69) is 29.6 Å². The molecule has 0 aromatic heterocycles. The van der Waals surface area contributed by atoms with E-state index in [0.29, 0.717) is 145 Å². The maximum Gasteiger partial charge on any atom is 0.407 e. The Morgan fingerprint density at radius 2 is 0.895 bits per heavy atom. The van der Waals surface area contributed by atoms with Crippen molar-refractivity contribution in [3.63, 3.8) is 0 Å². The molecule has 2 aromatic carbocycles. The van der Waals surface area contributed by atoms with Crippen LogP contribution < -0.4 is 5.32 Å². The molecule has 1 aliphatic carbocycles. The van der Waals surface area contributed by atoms with Crippen molar-refractivity contribution in [2.24, 2.45) is 0 Å². The number of ether oxygens (including phenoxy) is 13. The van der Waals surface area contributed by atoms with Gasteiger partial charge in [0.2, 0.25) is 0 Å². The molecule has 2 aliphatic rings. The summed E-state index contributed by atoms with van der Waals surface area (Å²) in [6, 6.07) is 16.5. The monoisotopic (exact) mass is 807 g/mol. The molecule has 4 rings (SSSR count). The number of carbonyl (C=O) groups excluding carboxylic acids is 1. The molecule has 0 spiro atoms. The van der Waals surface area contributed by atoms with E-state index in [-0.39, 0.29) is 18.8 Å². The number of amides is 1. The summed E-state index contributed by atoms with van der Waals surface area (Å²) in [4.78, 5) is 12.3. The minimum atomic E-state index is -0.452. The molecule has 1 aliphatic heterocycles. The zero-order valence-electron chi connectivity index (χ0n) is 33.6. The summed E-state index contributed by atoms with van der Waals surface area (Å²) in [5.41, 5.74) is 4.77. The number of hydrogen-bond acceptors (Lipinski definition) is 14. The van der Waals surface area contributed by atoms with E-state index in [1.165, 1.54) is 22.3 Å². The first-order valence-electron chi connectivity index (χ1n) is 20.4. The predicted octanol–water partition coefficient (Wildman–Crippen LogP) is 4.23. The van der Waals surface area contributed by atoms with Gasteiger partial charge in [-0.25, -0.2) is 4.79 Å². The van der Waals surface area contributed by atoms with Crippen molar-refractivity contribution in [1.82, 2.24) is 5.32 Å². The number of carbonyl (C=O) groups is 1. The first-order chi connectivity index (χ1) is 28.3. The molecule has 15 heteroatoms. The van der Waals surface area contributed by atoms with E-state index in [1.54, 1.807) is 0 Å².